The average Bonchev–Trinajstić information content (AvgIpc) is 2.84. The van der Waals surface area contributed by atoms with Crippen LogP contribution in [0.15, 0.2) is 17.4 Å². The maximum absolute atomic E-state index is 12.6. The van der Waals surface area contributed by atoms with Gasteiger partial charge < -0.3 is 10.1 Å². The largest absolute Gasteiger partial charge is 0.392 e. The van der Waals surface area contributed by atoms with Crippen molar-refractivity contribution in [1.82, 2.24) is 14.9 Å². The second-order valence-electron chi connectivity index (χ2n) is 6.88. The first-order valence-corrected chi connectivity index (χ1v) is 9.34. The summed E-state index contributed by atoms with van der Waals surface area (Å²) in [6.45, 7) is 9.44. The van der Waals surface area contributed by atoms with Gasteiger partial charge in [-0.2, -0.15) is 0 Å². The first-order valence-electron chi connectivity index (χ1n) is 8.52. The zero-order valence-corrected chi connectivity index (χ0v) is 15.2. The first-order chi connectivity index (χ1) is 11.5. The fourth-order valence-electron chi connectivity index (χ4n) is 3.44. The molecule has 0 amide bonds. The summed E-state index contributed by atoms with van der Waals surface area (Å²) in [5.74, 6) is 1.33. The van der Waals surface area contributed by atoms with Crippen LogP contribution >= 0.6 is 11.3 Å². The number of H-pyrrole nitrogens is 1. The summed E-state index contributed by atoms with van der Waals surface area (Å²) in [5, 5.41) is 10.4. The Morgan fingerprint density at radius 1 is 1.58 bits per heavy atom. The van der Waals surface area contributed by atoms with Crippen LogP contribution in [0.3, 0.4) is 0 Å². The van der Waals surface area contributed by atoms with Crippen molar-refractivity contribution in [3.63, 3.8) is 0 Å². The molecule has 2 aromatic rings. The van der Waals surface area contributed by atoms with E-state index in [1.54, 1.807) is 24.3 Å². The lowest BCUT2D eigenvalue weighted by Gasteiger charge is -2.21. The Morgan fingerprint density at radius 3 is 3.08 bits per heavy atom. The van der Waals surface area contributed by atoms with E-state index in [2.05, 4.69) is 18.5 Å². The van der Waals surface area contributed by atoms with Gasteiger partial charge in [-0.05, 0) is 37.7 Å². The second-order valence-corrected chi connectivity index (χ2v) is 7.96. The molecule has 1 aliphatic rings. The summed E-state index contributed by atoms with van der Waals surface area (Å²) in [6, 6.07) is 0. The third-order valence-electron chi connectivity index (χ3n) is 4.50. The number of thiophene rings is 1. The maximum atomic E-state index is 12.6. The van der Waals surface area contributed by atoms with E-state index in [4.69, 9.17) is 4.98 Å². The van der Waals surface area contributed by atoms with Crippen molar-refractivity contribution in [1.29, 1.82) is 0 Å². The van der Waals surface area contributed by atoms with Crippen LogP contribution in [0.4, 0.5) is 0 Å². The Balaban J connectivity index is 1.93. The topological polar surface area (TPSA) is 69.2 Å². The third-order valence-corrected chi connectivity index (χ3v) is 5.65. The van der Waals surface area contributed by atoms with Gasteiger partial charge in [-0.15, -0.1) is 17.9 Å². The molecule has 0 saturated heterocycles. The van der Waals surface area contributed by atoms with Crippen molar-refractivity contribution in [2.24, 2.45) is 5.92 Å². The highest BCUT2D eigenvalue weighted by atomic mass is 32.1. The summed E-state index contributed by atoms with van der Waals surface area (Å²) >= 11 is 1.67. The zero-order valence-electron chi connectivity index (χ0n) is 14.3. The van der Waals surface area contributed by atoms with Gasteiger partial charge in [0.2, 0.25) is 0 Å². The molecule has 5 nitrogen and oxygen atoms in total. The van der Waals surface area contributed by atoms with Gasteiger partial charge in [0.25, 0.3) is 5.56 Å². The minimum absolute atomic E-state index is 0.0300. The number of aliphatic hydroxyl groups is 1. The van der Waals surface area contributed by atoms with Gasteiger partial charge in [0, 0.05) is 18.0 Å². The number of hydrogen-bond donors (Lipinski definition) is 2. The van der Waals surface area contributed by atoms with Gasteiger partial charge in [-0.25, -0.2) is 4.98 Å². The molecule has 0 aliphatic heterocycles. The number of rotatable bonds is 6. The van der Waals surface area contributed by atoms with Gasteiger partial charge in [0.15, 0.2) is 0 Å². The number of nitrogens with one attached hydrogen (secondary N) is 1. The lowest BCUT2D eigenvalue weighted by molar-refractivity contribution is 0.128. The molecular formula is C18H25N3O2S. The third kappa shape index (κ3) is 3.61. The van der Waals surface area contributed by atoms with Crippen molar-refractivity contribution in [3.8, 4) is 0 Å². The van der Waals surface area contributed by atoms with Gasteiger partial charge in [0.05, 0.1) is 18.0 Å². The highest BCUT2D eigenvalue weighted by Crippen LogP contribution is 2.35. The molecule has 24 heavy (non-hydrogen) atoms. The van der Waals surface area contributed by atoms with Crippen LogP contribution < -0.4 is 5.56 Å². The molecule has 130 valence electrons. The van der Waals surface area contributed by atoms with E-state index in [1.165, 1.54) is 10.4 Å². The molecule has 1 aliphatic carbocycles. The van der Waals surface area contributed by atoms with Crippen molar-refractivity contribution < 1.29 is 5.11 Å². The molecule has 0 radical (unpaired) electrons. The van der Waals surface area contributed by atoms with Crippen LogP contribution in [-0.2, 0) is 19.4 Å². The van der Waals surface area contributed by atoms with E-state index in [1.807, 2.05) is 4.90 Å². The first kappa shape index (κ1) is 17.3. The zero-order chi connectivity index (χ0) is 17.3. The van der Waals surface area contributed by atoms with Gasteiger partial charge in [-0.1, -0.05) is 13.0 Å². The van der Waals surface area contributed by atoms with Crippen molar-refractivity contribution >= 4 is 21.6 Å². The molecule has 0 fully saturated rings. The number of aromatic nitrogens is 2. The summed E-state index contributed by atoms with van der Waals surface area (Å²) < 4.78 is 0. The molecule has 0 aromatic carbocycles. The molecule has 2 unspecified atom stereocenters. The summed E-state index contributed by atoms with van der Waals surface area (Å²) in [7, 11) is 0. The molecule has 2 N–H and O–H groups in total. The molecule has 3 rings (SSSR count). The van der Waals surface area contributed by atoms with E-state index in [-0.39, 0.29) is 5.56 Å². The standard InChI is InChI=1S/C18H25N3O2S/c1-4-7-21(9-12(3)22)10-15-19-17(23)16-13-6-5-11(2)8-14(13)24-18(16)20-15/h4,11-12,22H,1,5-10H2,2-3H3,(H,19,20,23). The summed E-state index contributed by atoms with van der Waals surface area (Å²) in [4.78, 5) is 24.4. The van der Waals surface area contributed by atoms with Crippen LogP contribution in [0.1, 0.15) is 36.5 Å². The predicted octanol–water partition coefficient (Wildman–Crippen LogP) is 2.48. The van der Waals surface area contributed by atoms with Gasteiger partial charge in [-0.3, -0.25) is 9.69 Å². The van der Waals surface area contributed by atoms with Crippen molar-refractivity contribution in [2.75, 3.05) is 13.1 Å². The number of fused-ring (bicyclic) bond motifs is 3. The molecule has 2 atom stereocenters. The molecule has 0 bridgehead atoms. The smallest absolute Gasteiger partial charge is 0.259 e. The quantitative estimate of drug-likeness (QED) is 0.788. The number of aromatic amines is 1. The maximum Gasteiger partial charge on any atom is 0.259 e. The lowest BCUT2D eigenvalue weighted by Crippen LogP contribution is -2.32. The highest BCUT2D eigenvalue weighted by molar-refractivity contribution is 7.18. The summed E-state index contributed by atoms with van der Waals surface area (Å²) in [5.41, 5.74) is 1.18. The van der Waals surface area contributed by atoms with Crippen LogP contribution in [0, 0.1) is 5.92 Å². The van der Waals surface area contributed by atoms with E-state index in [9.17, 15) is 9.90 Å². The van der Waals surface area contributed by atoms with Crippen LogP contribution in [0.5, 0.6) is 0 Å². The Kier molecular flexibility index (Phi) is 5.18. The fraction of sp³-hybridized carbons (Fsp3) is 0.556. The Bertz CT molecular complexity index is 793. The van der Waals surface area contributed by atoms with E-state index in [0.29, 0.717) is 31.4 Å². The number of aryl methyl sites for hydroxylation is 1. The molecule has 2 heterocycles. The number of aliphatic hydroxyl groups excluding tert-OH is 1. The van der Waals surface area contributed by atoms with Gasteiger partial charge >= 0.3 is 0 Å². The molecule has 2 aromatic heterocycles. The predicted molar refractivity (Wildman–Crippen MR) is 98.6 cm³/mol. The van der Waals surface area contributed by atoms with Crippen LogP contribution in [0.2, 0.25) is 0 Å². The van der Waals surface area contributed by atoms with Crippen molar-refractivity contribution in [2.45, 2.75) is 45.8 Å². The summed E-state index contributed by atoms with van der Waals surface area (Å²) in [6.07, 6.45) is 4.53. The molecule has 6 heteroatoms. The minimum Gasteiger partial charge on any atom is -0.392 e. The second kappa shape index (κ2) is 7.17. The SMILES string of the molecule is C=CCN(Cc1nc2sc3c(c2c(=O)[nH]1)CCC(C)C3)CC(C)O. The Morgan fingerprint density at radius 2 is 2.38 bits per heavy atom. The van der Waals surface area contributed by atoms with E-state index >= 15 is 0 Å². The molecule has 0 spiro atoms. The van der Waals surface area contributed by atoms with E-state index < -0.39 is 6.10 Å². The van der Waals surface area contributed by atoms with Crippen LogP contribution in [-0.4, -0.2) is 39.2 Å². The number of nitrogens with zero attached hydrogens (tertiary/aromatic N) is 2. The van der Waals surface area contributed by atoms with Crippen molar-refractivity contribution in [3.05, 3.63) is 39.3 Å². The van der Waals surface area contributed by atoms with Crippen LogP contribution in [0.25, 0.3) is 10.2 Å². The monoisotopic (exact) mass is 347 g/mol. The fourth-order valence-corrected chi connectivity index (χ4v) is 4.84. The Hall–Kier alpha value is -1.50. The number of hydrogen-bond acceptors (Lipinski definition) is 5. The normalized spacial score (nSPS) is 18.8. The Labute approximate surface area is 146 Å². The minimum atomic E-state index is -0.434. The molecule has 0 saturated carbocycles. The lowest BCUT2D eigenvalue weighted by atomic mass is 9.89. The highest BCUT2D eigenvalue weighted by Gasteiger charge is 2.23. The molecular weight excluding hydrogens is 322 g/mol. The average molecular weight is 347 g/mol. The van der Waals surface area contributed by atoms with Gasteiger partial charge in [0.1, 0.15) is 10.7 Å². The van der Waals surface area contributed by atoms with E-state index in [0.717, 1.165) is 29.5 Å².